The number of methoxy groups -OCH3 is 1. The van der Waals surface area contributed by atoms with Crippen molar-refractivity contribution in [3.8, 4) is 11.6 Å². The van der Waals surface area contributed by atoms with Gasteiger partial charge >= 0.3 is 6.18 Å². The Bertz CT molecular complexity index is 775. The second kappa shape index (κ2) is 8.67. The highest BCUT2D eigenvalue weighted by molar-refractivity contribution is 5.58. The minimum atomic E-state index is -4.57. The number of ether oxygens (including phenoxy) is 2. The van der Waals surface area contributed by atoms with Gasteiger partial charge in [0, 0.05) is 18.4 Å². The fourth-order valence-corrected chi connectivity index (χ4v) is 3.31. The molecule has 0 aliphatic heterocycles. The molecule has 0 spiro atoms. The second-order valence-electron chi connectivity index (χ2n) is 6.71. The third-order valence-electron chi connectivity index (χ3n) is 4.82. The lowest BCUT2D eigenvalue weighted by molar-refractivity contribution is -0.140. The summed E-state index contributed by atoms with van der Waals surface area (Å²) in [6.45, 7) is 2.37. The zero-order valence-electron chi connectivity index (χ0n) is 16.0. The predicted molar refractivity (Wildman–Crippen MR) is 100 cm³/mol. The first-order valence-electron chi connectivity index (χ1n) is 9.45. The number of benzene rings is 1. The molecule has 1 aromatic carbocycles. The van der Waals surface area contributed by atoms with E-state index in [-0.39, 0.29) is 12.1 Å². The normalized spacial score (nSPS) is 15.3. The molecular weight excluding hydrogens is 371 g/mol. The molecule has 28 heavy (non-hydrogen) atoms. The number of alkyl halides is 3. The highest BCUT2D eigenvalue weighted by atomic mass is 19.4. The topological polar surface area (TPSA) is 47.5 Å². The largest absolute Gasteiger partial charge is 0.497 e. The van der Waals surface area contributed by atoms with E-state index in [9.17, 15) is 13.2 Å². The van der Waals surface area contributed by atoms with Gasteiger partial charge < -0.3 is 14.4 Å². The van der Waals surface area contributed by atoms with Gasteiger partial charge in [-0.05, 0) is 56.9 Å². The molecule has 0 saturated heterocycles. The third kappa shape index (κ3) is 4.66. The van der Waals surface area contributed by atoms with Gasteiger partial charge in [-0.2, -0.15) is 18.2 Å². The fraction of sp³-hybridized carbons (Fsp3) is 0.500. The molecule has 2 aromatic rings. The van der Waals surface area contributed by atoms with Crippen LogP contribution in [-0.2, 0) is 6.18 Å². The van der Waals surface area contributed by atoms with Gasteiger partial charge in [0.15, 0.2) is 0 Å². The molecule has 1 aliphatic rings. The van der Waals surface area contributed by atoms with Crippen LogP contribution in [0, 0.1) is 0 Å². The van der Waals surface area contributed by atoms with Crippen LogP contribution in [0.2, 0.25) is 0 Å². The van der Waals surface area contributed by atoms with E-state index in [2.05, 4.69) is 9.97 Å². The number of anilines is 2. The Kier molecular flexibility index (Phi) is 6.26. The molecule has 0 amide bonds. The quantitative estimate of drug-likeness (QED) is 0.658. The summed E-state index contributed by atoms with van der Waals surface area (Å²) in [4.78, 5) is 9.87. The van der Waals surface area contributed by atoms with Gasteiger partial charge in [0.2, 0.25) is 11.8 Å². The number of nitrogens with zero attached hydrogens (tertiary/aromatic N) is 3. The molecule has 1 aliphatic carbocycles. The zero-order chi connectivity index (χ0) is 20.1. The van der Waals surface area contributed by atoms with Gasteiger partial charge in [0.25, 0.3) is 0 Å². The summed E-state index contributed by atoms with van der Waals surface area (Å²) in [7, 11) is 1.57. The van der Waals surface area contributed by atoms with Crippen LogP contribution in [0.25, 0.3) is 0 Å². The van der Waals surface area contributed by atoms with E-state index in [0.717, 1.165) is 44.0 Å². The van der Waals surface area contributed by atoms with Gasteiger partial charge in [0.05, 0.1) is 7.11 Å². The third-order valence-corrected chi connectivity index (χ3v) is 4.82. The first kappa shape index (κ1) is 20.2. The minimum Gasteiger partial charge on any atom is -0.497 e. The van der Waals surface area contributed by atoms with Gasteiger partial charge in [0.1, 0.15) is 17.4 Å². The van der Waals surface area contributed by atoms with Crippen molar-refractivity contribution in [1.82, 2.24) is 9.97 Å². The Morgan fingerprint density at radius 2 is 1.79 bits per heavy atom. The van der Waals surface area contributed by atoms with Gasteiger partial charge in [-0.25, -0.2) is 4.98 Å². The number of rotatable bonds is 6. The lowest BCUT2D eigenvalue weighted by Crippen LogP contribution is -2.24. The molecule has 1 saturated carbocycles. The van der Waals surface area contributed by atoms with Gasteiger partial charge in [-0.15, -0.1) is 0 Å². The summed E-state index contributed by atoms with van der Waals surface area (Å²) in [5.74, 6) is 0.470. The van der Waals surface area contributed by atoms with Gasteiger partial charge in [-0.3, -0.25) is 0 Å². The Morgan fingerprint density at radius 1 is 1.11 bits per heavy atom. The second-order valence-corrected chi connectivity index (χ2v) is 6.71. The van der Waals surface area contributed by atoms with Gasteiger partial charge in [-0.1, -0.05) is 6.42 Å². The first-order chi connectivity index (χ1) is 13.4. The highest BCUT2D eigenvalue weighted by Crippen LogP contribution is 2.37. The van der Waals surface area contributed by atoms with Crippen LogP contribution in [0.15, 0.2) is 30.5 Å². The smallest absolute Gasteiger partial charge is 0.423 e. The SMILES string of the molecule is CCN(c1ccc(OC)cc1)c1ncc(C(F)(F)F)c(OC2CCCCC2)n1. The number of aromatic nitrogens is 2. The standard InChI is InChI=1S/C20H24F3N3O2/c1-3-26(14-9-11-15(27-2)12-10-14)19-24-13-17(20(21,22)23)18(25-19)28-16-7-5-4-6-8-16/h9-13,16H,3-8H2,1-2H3. The Morgan fingerprint density at radius 3 is 2.36 bits per heavy atom. The molecule has 0 unspecified atom stereocenters. The van der Waals surface area contributed by atoms with E-state index in [1.54, 1.807) is 24.1 Å². The summed E-state index contributed by atoms with van der Waals surface area (Å²) in [6, 6.07) is 7.18. The average Bonchev–Trinajstić information content (AvgIpc) is 2.69. The van der Waals surface area contributed by atoms with E-state index in [1.165, 1.54) is 0 Å². The Labute approximate surface area is 162 Å². The molecule has 0 atom stereocenters. The van der Waals surface area contributed by atoms with Crippen molar-refractivity contribution in [2.24, 2.45) is 0 Å². The van der Waals surface area contributed by atoms with Crippen LogP contribution >= 0.6 is 0 Å². The van der Waals surface area contributed by atoms with Crippen LogP contribution in [0.5, 0.6) is 11.6 Å². The highest BCUT2D eigenvalue weighted by Gasteiger charge is 2.37. The summed E-state index contributed by atoms with van der Waals surface area (Å²) in [5, 5.41) is 0. The van der Waals surface area contributed by atoms with E-state index < -0.39 is 17.6 Å². The molecule has 0 N–H and O–H groups in total. The van der Waals surface area contributed by atoms with Crippen LogP contribution in [0.4, 0.5) is 24.8 Å². The fourth-order valence-electron chi connectivity index (χ4n) is 3.31. The molecule has 1 fully saturated rings. The van der Waals surface area contributed by atoms with E-state index in [1.807, 2.05) is 19.1 Å². The number of hydrogen-bond donors (Lipinski definition) is 0. The Hall–Kier alpha value is -2.51. The molecule has 1 aromatic heterocycles. The van der Waals surface area contributed by atoms with Crippen LogP contribution < -0.4 is 14.4 Å². The number of hydrogen-bond acceptors (Lipinski definition) is 5. The monoisotopic (exact) mass is 395 g/mol. The summed E-state index contributed by atoms with van der Waals surface area (Å²) < 4.78 is 51.2. The maximum Gasteiger partial charge on any atom is 0.423 e. The molecule has 3 rings (SSSR count). The average molecular weight is 395 g/mol. The molecule has 8 heteroatoms. The minimum absolute atomic E-state index is 0.173. The summed E-state index contributed by atoms with van der Waals surface area (Å²) in [5.41, 5.74) is -0.181. The van der Waals surface area contributed by atoms with Crippen molar-refractivity contribution in [1.29, 1.82) is 0 Å². The van der Waals surface area contributed by atoms with Crippen molar-refractivity contribution >= 4 is 11.6 Å². The maximum atomic E-state index is 13.4. The molecule has 152 valence electrons. The molecular formula is C20H24F3N3O2. The molecule has 1 heterocycles. The van der Waals surface area contributed by atoms with E-state index >= 15 is 0 Å². The first-order valence-corrected chi connectivity index (χ1v) is 9.45. The van der Waals surface area contributed by atoms with Crippen molar-refractivity contribution < 1.29 is 22.6 Å². The summed E-state index contributed by atoms with van der Waals surface area (Å²) in [6.07, 6.45) is 0.482. The van der Waals surface area contributed by atoms with Crippen molar-refractivity contribution in [3.05, 3.63) is 36.0 Å². The van der Waals surface area contributed by atoms with Crippen LogP contribution in [0.1, 0.15) is 44.6 Å². The maximum absolute atomic E-state index is 13.4. The van der Waals surface area contributed by atoms with Crippen molar-refractivity contribution in [3.63, 3.8) is 0 Å². The molecule has 5 nitrogen and oxygen atoms in total. The van der Waals surface area contributed by atoms with Crippen molar-refractivity contribution in [2.45, 2.75) is 51.3 Å². The van der Waals surface area contributed by atoms with Crippen molar-refractivity contribution in [2.75, 3.05) is 18.6 Å². The lowest BCUT2D eigenvalue weighted by Gasteiger charge is -2.26. The zero-order valence-corrected chi connectivity index (χ0v) is 16.0. The summed E-state index contributed by atoms with van der Waals surface area (Å²) >= 11 is 0. The molecule has 0 radical (unpaired) electrons. The lowest BCUT2D eigenvalue weighted by atomic mass is 9.98. The van der Waals surface area contributed by atoms with Crippen LogP contribution in [-0.4, -0.2) is 29.7 Å². The Balaban J connectivity index is 1.94. The number of halogens is 3. The van der Waals surface area contributed by atoms with E-state index in [0.29, 0.717) is 12.3 Å². The predicted octanol–water partition coefficient (Wildman–Crippen LogP) is 5.37. The van der Waals surface area contributed by atoms with E-state index in [4.69, 9.17) is 9.47 Å². The molecule has 0 bridgehead atoms. The van der Waals surface area contributed by atoms with Crippen LogP contribution in [0.3, 0.4) is 0 Å².